The molecule has 0 bridgehead atoms. The summed E-state index contributed by atoms with van der Waals surface area (Å²) in [6, 6.07) is 8.95. The molecule has 6 heteroatoms. The molecule has 112 valence electrons. The maximum Gasteiger partial charge on any atom is 0.407 e. The number of benzene rings is 1. The average Bonchev–Trinajstić information content (AvgIpc) is 2.92. The Kier molecular flexibility index (Phi) is 5.30. The van der Waals surface area contributed by atoms with Crippen molar-refractivity contribution >= 4 is 17.4 Å². The number of thiazole rings is 1. The first kappa shape index (κ1) is 15.5. The lowest BCUT2D eigenvalue weighted by atomic mass is 10.2. The van der Waals surface area contributed by atoms with E-state index in [1.165, 1.54) is 11.3 Å². The van der Waals surface area contributed by atoms with Crippen LogP contribution in [0, 0.1) is 6.92 Å². The van der Waals surface area contributed by atoms with Crippen LogP contribution in [0.1, 0.15) is 29.3 Å². The summed E-state index contributed by atoms with van der Waals surface area (Å²) >= 11 is 1.37. The van der Waals surface area contributed by atoms with Crippen molar-refractivity contribution in [1.82, 2.24) is 10.3 Å². The van der Waals surface area contributed by atoms with Crippen LogP contribution in [0.3, 0.4) is 0 Å². The average molecular weight is 306 g/mol. The molecular formula is C15H18N2O3S. The molecule has 1 heterocycles. The summed E-state index contributed by atoms with van der Waals surface area (Å²) in [5, 5.41) is 15.2. The number of hydrogen-bond donors (Lipinski definition) is 2. The van der Waals surface area contributed by atoms with Gasteiger partial charge in [-0.25, -0.2) is 9.78 Å². The lowest BCUT2D eigenvalue weighted by Crippen LogP contribution is -2.37. The van der Waals surface area contributed by atoms with Crippen molar-refractivity contribution in [3.8, 4) is 0 Å². The molecule has 0 unspecified atom stereocenters. The van der Waals surface area contributed by atoms with Gasteiger partial charge in [0, 0.05) is 11.1 Å². The van der Waals surface area contributed by atoms with Crippen molar-refractivity contribution in [2.45, 2.75) is 32.6 Å². The van der Waals surface area contributed by atoms with Crippen molar-refractivity contribution in [1.29, 1.82) is 0 Å². The molecular weight excluding hydrogens is 288 g/mol. The minimum atomic E-state index is -0.840. The molecule has 0 aliphatic rings. The van der Waals surface area contributed by atoms with Gasteiger partial charge in [-0.1, -0.05) is 30.3 Å². The molecule has 1 aromatic carbocycles. The monoisotopic (exact) mass is 306 g/mol. The number of alkyl carbamates (subject to hydrolysis) is 1. The summed E-state index contributed by atoms with van der Waals surface area (Å²) in [4.78, 5) is 15.9. The van der Waals surface area contributed by atoms with Gasteiger partial charge < -0.3 is 15.2 Å². The van der Waals surface area contributed by atoms with Crippen molar-refractivity contribution in [2.24, 2.45) is 0 Å². The van der Waals surface area contributed by atoms with E-state index in [2.05, 4.69) is 10.3 Å². The van der Waals surface area contributed by atoms with Gasteiger partial charge in [0.25, 0.3) is 0 Å². The molecule has 1 amide bonds. The third kappa shape index (κ3) is 4.54. The number of aliphatic hydroxyl groups excluding tert-OH is 1. The van der Waals surface area contributed by atoms with Gasteiger partial charge in [0.05, 0.1) is 6.04 Å². The fraction of sp³-hybridized carbons (Fsp3) is 0.333. The number of carbonyl (C=O) groups is 1. The quantitative estimate of drug-likeness (QED) is 0.891. The Morgan fingerprint density at radius 3 is 2.76 bits per heavy atom. The van der Waals surface area contributed by atoms with E-state index in [9.17, 15) is 9.90 Å². The lowest BCUT2D eigenvalue weighted by molar-refractivity contribution is 0.106. The molecule has 2 aromatic rings. The summed E-state index contributed by atoms with van der Waals surface area (Å²) in [6.45, 7) is 3.77. The van der Waals surface area contributed by atoms with Crippen molar-refractivity contribution in [3.63, 3.8) is 0 Å². The van der Waals surface area contributed by atoms with Crippen molar-refractivity contribution in [3.05, 3.63) is 52.0 Å². The Bertz CT molecular complexity index is 586. The highest BCUT2D eigenvalue weighted by Gasteiger charge is 2.21. The molecule has 5 nitrogen and oxygen atoms in total. The normalized spacial score (nSPS) is 13.5. The van der Waals surface area contributed by atoms with Crippen LogP contribution in [0.5, 0.6) is 0 Å². The molecule has 21 heavy (non-hydrogen) atoms. The van der Waals surface area contributed by atoms with Gasteiger partial charge in [0.2, 0.25) is 0 Å². The van der Waals surface area contributed by atoms with Gasteiger partial charge in [0.1, 0.15) is 17.7 Å². The lowest BCUT2D eigenvalue weighted by Gasteiger charge is -2.18. The maximum atomic E-state index is 11.7. The number of nitrogens with zero attached hydrogens (tertiary/aromatic N) is 1. The zero-order valence-corrected chi connectivity index (χ0v) is 12.8. The summed E-state index contributed by atoms with van der Waals surface area (Å²) in [7, 11) is 0. The van der Waals surface area contributed by atoms with Crippen LogP contribution in [0.15, 0.2) is 35.7 Å². The van der Waals surface area contributed by atoms with E-state index in [4.69, 9.17) is 4.74 Å². The summed E-state index contributed by atoms with van der Waals surface area (Å²) in [5.41, 5.74) is 1.77. The third-order valence-corrected chi connectivity index (χ3v) is 3.95. The van der Waals surface area contributed by atoms with Crippen LogP contribution >= 0.6 is 11.3 Å². The second-order valence-corrected chi connectivity index (χ2v) is 5.66. The number of aliphatic hydroxyl groups is 1. The van der Waals surface area contributed by atoms with Crippen LogP contribution in [0.4, 0.5) is 4.79 Å². The maximum absolute atomic E-state index is 11.7. The number of hydrogen-bond acceptors (Lipinski definition) is 5. The molecule has 2 N–H and O–H groups in total. The van der Waals surface area contributed by atoms with Gasteiger partial charge in [-0.2, -0.15) is 0 Å². The van der Waals surface area contributed by atoms with E-state index in [1.54, 1.807) is 6.92 Å². The van der Waals surface area contributed by atoms with E-state index < -0.39 is 18.2 Å². The van der Waals surface area contributed by atoms with Crippen LogP contribution in [0.25, 0.3) is 0 Å². The van der Waals surface area contributed by atoms with Gasteiger partial charge >= 0.3 is 6.09 Å². The van der Waals surface area contributed by atoms with Gasteiger partial charge in [0.15, 0.2) is 0 Å². The van der Waals surface area contributed by atoms with Gasteiger partial charge in [-0.15, -0.1) is 11.3 Å². The zero-order valence-electron chi connectivity index (χ0n) is 11.9. The summed E-state index contributed by atoms with van der Waals surface area (Å²) in [6.07, 6.45) is -1.40. The first-order chi connectivity index (χ1) is 10.1. The molecule has 2 rings (SSSR count). The number of amides is 1. The first-order valence-corrected chi connectivity index (χ1v) is 7.51. The first-order valence-electron chi connectivity index (χ1n) is 6.63. The van der Waals surface area contributed by atoms with Crippen molar-refractivity contribution < 1.29 is 14.6 Å². The Balaban J connectivity index is 1.81. The largest absolute Gasteiger partial charge is 0.445 e. The Labute approximate surface area is 127 Å². The van der Waals surface area contributed by atoms with E-state index >= 15 is 0 Å². The number of nitrogens with one attached hydrogen (secondary N) is 1. The van der Waals surface area contributed by atoms with Crippen LogP contribution in [-0.2, 0) is 11.3 Å². The highest BCUT2D eigenvalue weighted by atomic mass is 32.1. The molecule has 0 saturated heterocycles. The number of aromatic nitrogens is 1. The van der Waals surface area contributed by atoms with E-state index in [0.29, 0.717) is 5.01 Å². The molecule has 0 radical (unpaired) electrons. The molecule has 0 fully saturated rings. The SMILES string of the molecule is Cc1csc([C@@H](O)[C@H](C)NC(=O)OCc2ccccc2)n1. The standard InChI is InChI=1S/C15H18N2O3S/c1-10-9-21-14(16-10)13(18)11(2)17-15(19)20-8-12-6-4-3-5-7-12/h3-7,9,11,13,18H,8H2,1-2H3,(H,17,19)/t11-,13-/m0/s1. The Hall–Kier alpha value is -1.92. The number of aryl methyl sites for hydroxylation is 1. The molecule has 0 aliphatic heterocycles. The number of ether oxygens (including phenoxy) is 1. The summed E-state index contributed by atoms with van der Waals surface area (Å²) < 4.78 is 5.11. The predicted octanol–water partition coefficient (Wildman–Crippen LogP) is 2.80. The van der Waals surface area contributed by atoms with Crippen LogP contribution < -0.4 is 5.32 Å². The van der Waals surface area contributed by atoms with Gasteiger partial charge in [-0.3, -0.25) is 0 Å². The fourth-order valence-electron chi connectivity index (χ4n) is 1.75. The van der Waals surface area contributed by atoms with Crippen LogP contribution in [0.2, 0.25) is 0 Å². The second kappa shape index (κ2) is 7.19. The zero-order chi connectivity index (χ0) is 15.2. The minimum Gasteiger partial charge on any atom is -0.445 e. The predicted molar refractivity (Wildman–Crippen MR) is 81.0 cm³/mol. The topological polar surface area (TPSA) is 71.5 Å². The highest BCUT2D eigenvalue weighted by molar-refractivity contribution is 7.09. The number of carbonyl (C=O) groups excluding carboxylic acids is 1. The van der Waals surface area contributed by atoms with E-state index in [0.717, 1.165) is 11.3 Å². The molecule has 0 aliphatic carbocycles. The number of rotatable bonds is 5. The Morgan fingerprint density at radius 1 is 1.43 bits per heavy atom. The molecule has 1 aromatic heterocycles. The van der Waals surface area contributed by atoms with Crippen molar-refractivity contribution in [2.75, 3.05) is 0 Å². The second-order valence-electron chi connectivity index (χ2n) is 4.77. The van der Waals surface area contributed by atoms with Crippen LogP contribution in [-0.4, -0.2) is 22.2 Å². The van der Waals surface area contributed by atoms with Gasteiger partial charge in [-0.05, 0) is 19.4 Å². The molecule has 2 atom stereocenters. The third-order valence-electron chi connectivity index (χ3n) is 2.92. The smallest absolute Gasteiger partial charge is 0.407 e. The molecule has 0 spiro atoms. The summed E-state index contributed by atoms with van der Waals surface area (Å²) in [5.74, 6) is 0. The minimum absolute atomic E-state index is 0.200. The fourth-order valence-corrected chi connectivity index (χ4v) is 2.64. The highest BCUT2D eigenvalue weighted by Crippen LogP contribution is 2.20. The van der Waals surface area contributed by atoms with E-state index in [-0.39, 0.29) is 6.61 Å². The molecule has 0 saturated carbocycles. The Morgan fingerprint density at radius 2 is 2.14 bits per heavy atom. The van der Waals surface area contributed by atoms with E-state index in [1.807, 2.05) is 42.6 Å².